The maximum atomic E-state index is 12.4. The number of piperidine rings is 1. The van der Waals surface area contributed by atoms with Gasteiger partial charge >= 0.3 is 0 Å². The van der Waals surface area contributed by atoms with E-state index in [-0.39, 0.29) is 12.0 Å². The number of hydrogen-bond acceptors (Lipinski definition) is 5. The number of carbonyl (C=O) groups is 1. The van der Waals surface area contributed by atoms with Crippen molar-refractivity contribution in [2.45, 2.75) is 18.9 Å². The zero-order valence-corrected chi connectivity index (χ0v) is 11.6. The second kappa shape index (κ2) is 6.30. The van der Waals surface area contributed by atoms with E-state index >= 15 is 0 Å². The first-order chi connectivity index (χ1) is 10.3. The molecule has 1 aliphatic rings. The first kappa shape index (κ1) is 13.5. The van der Waals surface area contributed by atoms with Crippen molar-refractivity contribution in [3.63, 3.8) is 0 Å². The Morgan fingerprint density at radius 3 is 2.76 bits per heavy atom. The Morgan fingerprint density at radius 2 is 2.00 bits per heavy atom. The van der Waals surface area contributed by atoms with Gasteiger partial charge in [0, 0.05) is 36.8 Å². The van der Waals surface area contributed by atoms with Crippen LogP contribution in [0.1, 0.15) is 23.2 Å². The summed E-state index contributed by atoms with van der Waals surface area (Å²) in [5.41, 5.74) is 0.660. The summed E-state index contributed by atoms with van der Waals surface area (Å²) in [5, 5.41) is 0. The van der Waals surface area contributed by atoms with E-state index in [1.807, 2.05) is 4.90 Å². The van der Waals surface area contributed by atoms with Crippen LogP contribution in [0.2, 0.25) is 0 Å². The maximum absolute atomic E-state index is 12.4. The Kier molecular flexibility index (Phi) is 4.04. The standard InChI is InChI=1S/C15H16N4O2/c20-15(12-3-6-16-7-4-12)19-9-1-2-13(10-19)21-14-5-8-17-11-18-14/h3-8,11,13H,1-2,9-10H2. The van der Waals surface area contributed by atoms with Crippen molar-refractivity contribution in [3.05, 3.63) is 48.7 Å². The van der Waals surface area contributed by atoms with E-state index < -0.39 is 0 Å². The molecule has 6 nitrogen and oxygen atoms in total. The highest BCUT2D eigenvalue weighted by Crippen LogP contribution is 2.17. The molecule has 2 aromatic rings. The van der Waals surface area contributed by atoms with Gasteiger partial charge in [-0.15, -0.1) is 0 Å². The van der Waals surface area contributed by atoms with Gasteiger partial charge in [0.05, 0.1) is 6.54 Å². The number of hydrogen-bond donors (Lipinski definition) is 0. The lowest BCUT2D eigenvalue weighted by Gasteiger charge is -2.32. The molecular formula is C15H16N4O2. The molecule has 1 saturated heterocycles. The highest BCUT2D eigenvalue weighted by molar-refractivity contribution is 5.94. The van der Waals surface area contributed by atoms with Gasteiger partial charge in [-0.2, -0.15) is 0 Å². The summed E-state index contributed by atoms with van der Waals surface area (Å²) >= 11 is 0. The number of carbonyl (C=O) groups excluding carboxylic acids is 1. The van der Waals surface area contributed by atoms with Gasteiger partial charge in [-0.25, -0.2) is 9.97 Å². The monoisotopic (exact) mass is 284 g/mol. The number of nitrogens with zero attached hydrogens (tertiary/aromatic N) is 4. The lowest BCUT2D eigenvalue weighted by atomic mass is 10.1. The number of ether oxygens (including phenoxy) is 1. The van der Waals surface area contributed by atoms with Gasteiger partial charge in [-0.05, 0) is 25.0 Å². The molecule has 2 aromatic heterocycles. The first-order valence-corrected chi connectivity index (χ1v) is 6.95. The third-order valence-corrected chi connectivity index (χ3v) is 3.43. The molecule has 0 N–H and O–H groups in total. The van der Waals surface area contributed by atoms with Crippen LogP contribution in [0.4, 0.5) is 0 Å². The smallest absolute Gasteiger partial charge is 0.254 e. The summed E-state index contributed by atoms with van der Waals surface area (Å²) in [6, 6.07) is 5.19. The quantitative estimate of drug-likeness (QED) is 0.855. The Labute approximate surface area is 122 Å². The van der Waals surface area contributed by atoms with E-state index in [2.05, 4.69) is 15.0 Å². The molecule has 0 aliphatic carbocycles. The average molecular weight is 284 g/mol. The zero-order chi connectivity index (χ0) is 14.5. The lowest BCUT2D eigenvalue weighted by Crippen LogP contribution is -2.44. The van der Waals surface area contributed by atoms with Crippen molar-refractivity contribution in [1.29, 1.82) is 0 Å². The van der Waals surface area contributed by atoms with E-state index in [0.717, 1.165) is 19.4 Å². The molecule has 1 unspecified atom stereocenters. The molecule has 0 aromatic carbocycles. The Bertz CT molecular complexity index is 591. The van der Waals surface area contributed by atoms with Crippen LogP contribution in [0, 0.1) is 0 Å². The second-order valence-corrected chi connectivity index (χ2v) is 4.92. The molecule has 0 radical (unpaired) electrons. The van der Waals surface area contributed by atoms with Crippen molar-refractivity contribution in [1.82, 2.24) is 19.9 Å². The van der Waals surface area contributed by atoms with Crippen LogP contribution in [0.15, 0.2) is 43.1 Å². The number of likely N-dealkylation sites (tertiary alicyclic amines) is 1. The SMILES string of the molecule is O=C(c1ccncc1)N1CCCC(Oc2ccncn2)C1. The van der Waals surface area contributed by atoms with Crippen LogP contribution in [0.25, 0.3) is 0 Å². The van der Waals surface area contributed by atoms with Gasteiger partial charge in [-0.1, -0.05) is 0 Å². The van der Waals surface area contributed by atoms with Crippen LogP contribution >= 0.6 is 0 Å². The van der Waals surface area contributed by atoms with Crippen molar-refractivity contribution in [3.8, 4) is 5.88 Å². The van der Waals surface area contributed by atoms with E-state index in [0.29, 0.717) is 18.0 Å². The van der Waals surface area contributed by atoms with Crippen molar-refractivity contribution >= 4 is 5.91 Å². The Morgan fingerprint density at radius 1 is 1.19 bits per heavy atom. The third-order valence-electron chi connectivity index (χ3n) is 3.43. The summed E-state index contributed by atoms with van der Waals surface area (Å²) in [7, 11) is 0. The molecule has 1 aliphatic heterocycles. The van der Waals surface area contributed by atoms with Crippen molar-refractivity contribution in [2.75, 3.05) is 13.1 Å². The van der Waals surface area contributed by atoms with E-state index in [9.17, 15) is 4.79 Å². The minimum Gasteiger partial charge on any atom is -0.472 e. The Balaban J connectivity index is 1.64. The van der Waals surface area contributed by atoms with E-state index in [1.165, 1.54) is 6.33 Å². The van der Waals surface area contributed by atoms with Crippen molar-refractivity contribution < 1.29 is 9.53 Å². The van der Waals surface area contributed by atoms with Gasteiger partial charge in [0.2, 0.25) is 5.88 Å². The molecule has 3 rings (SSSR count). The highest BCUT2D eigenvalue weighted by atomic mass is 16.5. The fourth-order valence-corrected chi connectivity index (χ4v) is 2.41. The molecule has 108 valence electrons. The molecule has 6 heteroatoms. The fraction of sp³-hybridized carbons (Fsp3) is 0.333. The second-order valence-electron chi connectivity index (χ2n) is 4.92. The molecule has 1 fully saturated rings. The first-order valence-electron chi connectivity index (χ1n) is 6.95. The number of amides is 1. The largest absolute Gasteiger partial charge is 0.472 e. The van der Waals surface area contributed by atoms with Crippen LogP contribution in [-0.4, -0.2) is 45.0 Å². The normalized spacial score (nSPS) is 18.3. The molecule has 0 spiro atoms. The van der Waals surface area contributed by atoms with E-state index in [4.69, 9.17) is 4.74 Å². The minimum atomic E-state index is -0.0283. The number of pyridine rings is 1. The van der Waals surface area contributed by atoms with Gasteiger partial charge in [0.1, 0.15) is 12.4 Å². The predicted octanol–water partition coefficient (Wildman–Crippen LogP) is 1.56. The van der Waals surface area contributed by atoms with Gasteiger partial charge in [0.25, 0.3) is 5.91 Å². The van der Waals surface area contributed by atoms with Crippen LogP contribution < -0.4 is 4.74 Å². The molecule has 1 atom stereocenters. The van der Waals surface area contributed by atoms with Crippen LogP contribution in [0.3, 0.4) is 0 Å². The fourth-order valence-electron chi connectivity index (χ4n) is 2.41. The van der Waals surface area contributed by atoms with Gasteiger partial charge < -0.3 is 9.64 Å². The Hall–Kier alpha value is -2.50. The van der Waals surface area contributed by atoms with Crippen LogP contribution in [0.5, 0.6) is 5.88 Å². The molecule has 3 heterocycles. The summed E-state index contributed by atoms with van der Waals surface area (Å²) in [5.74, 6) is 0.571. The summed E-state index contributed by atoms with van der Waals surface area (Å²) in [6.45, 7) is 1.33. The summed E-state index contributed by atoms with van der Waals surface area (Å²) in [4.78, 5) is 26.1. The highest BCUT2D eigenvalue weighted by Gasteiger charge is 2.25. The minimum absolute atomic E-state index is 0.0217. The molecule has 1 amide bonds. The molecule has 0 bridgehead atoms. The lowest BCUT2D eigenvalue weighted by molar-refractivity contribution is 0.0527. The third kappa shape index (κ3) is 3.34. The van der Waals surface area contributed by atoms with Crippen LogP contribution in [-0.2, 0) is 0 Å². The summed E-state index contributed by atoms with van der Waals surface area (Å²) < 4.78 is 5.81. The summed E-state index contributed by atoms with van der Waals surface area (Å²) in [6.07, 6.45) is 8.18. The number of aromatic nitrogens is 3. The topological polar surface area (TPSA) is 68.2 Å². The molecule has 21 heavy (non-hydrogen) atoms. The van der Waals surface area contributed by atoms with E-state index in [1.54, 1.807) is 36.8 Å². The molecule has 0 saturated carbocycles. The number of rotatable bonds is 3. The van der Waals surface area contributed by atoms with Gasteiger partial charge in [-0.3, -0.25) is 9.78 Å². The maximum Gasteiger partial charge on any atom is 0.254 e. The predicted molar refractivity (Wildman–Crippen MR) is 75.8 cm³/mol. The molecular weight excluding hydrogens is 268 g/mol. The van der Waals surface area contributed by atoms with Gasteiger partial charge in [0.15, 0.2) is 0 Å². The van der Waals surface area contributed by atoms with Crippen molar-refractivity contribution in [2.24, 2.45) is 0 Å². The average Bonchev–Trinajstić information content (AvgIpc) is 2.56. The zero-order valence-electron chi connectivity index (χ0n) is 11.6.